The van der Waals surface area contributed by atoms with Crippen LogP contribution in [0, 0.1) is 17.8 Å². The molecule has 2 fully saturated rings. The lowest BCUT2D eigenvalue weighted by Gasteiger charge is -2.36. The maximum absolute atomic E-state index is 12.0. The SMILES string of the molecule is C[C@@H]1CC2O[C@]2(C)[C@H](C)C1CCc1ccc2c(c1)C(=O)C=CC2=O. The van der Waals surface area contributed by atoms with Gasteiger partial charge in [0.25, 0.3) is 0 Å². The molecule has 0 amide bonds. The highest BCUT2D eigenvalue weighted by atomic mass is 16.6. The number of epoxide rings is 1. The summed E-state index contributed by atoms with van der Waals surface area (Å²) in [5.41, 5.74) is 2.32. The van der Waals surface area contributed by atoms with Gasteiger partial charge in [-0.2, -0.15) is 0 Å². The van der Waals surface area contributed by atoms with Crippen molar-refractivity contribution in [3.8, 4) is 0 Å². The Morgan fingerprint density at radius 2 is 1.83 bits per heavy atom. The number of ketones is 2. The summed E-state index contributed by atoms with van der Waals surface area (Å²) in [4.78, 5) is 23.9. The zero-order valence-electron chi connectivity index (χ0n) is 14.5. The van der Waals surface area contributed by atoms with E-state index in [2.05, 4.69) is 20.8 Å². The van der Waals surface area contributed by atoms with E-state index in [-0.39, 0.29) is 17.2 Å². The van der Waals surface area contributed by atoms with Crippen LogP contribution in [-0.2, 0) is 11.2 Å². The van der Waals surface area contributed by atoms with Crippen LogP contribution in [0.15, 0.2) is 30.4 Å². The summed E-state index contributed by atoms with van der Waals surface area (Å²) in [5, 5.41) is 0. The molecule has 1 saturated carbocycles. The van der Waals surface area contributed by atoms with Crippen LogP contribution in [0.1, 0.15) is 59.9 Å². The molecule has 5 atom stereocenters. The molecule has 1 heterocycles. The summed E-state index contributed by atoms with van der Waals surface area (Å²) in [5.74, 6) is 1.74. The average molecular weight is 324 g/mol. The molecular weight excluding hydrogens is 300 g/mol. The molecule has 0 aromatic heterocycles. The molecule has 1 aromatic rings. The topological polar surface area (TPSA) is 46.7 Å². The van der Waals surface area contributed by atoms with Crippen molar-refractivity contribution in [2.45, 2.75) is 51.7 Å². The number of hydrogen-bond acceptors (Lipinski definition) is 3. The van der Waals surface area contributed by atoms with Gasteiger partial charge in [0, 0.05) is 11.1 Å². The largest absolute Gasteiger partial charge is 0.366 e. The minimum absolute atomic E-state index is 0.0624. The quantitative estimate of drug-likeness (QED) is 0.789. The molecule has 4 rings (SSSR count). The molecule has 0 spiro atoms. The molecule has 0 bridgehead atoms. The fraction of sp³-hybridized carbons (Fsp3) is 0.524. The van der Waals surface area contributed by atoms with Crippen molar-refractivity contribution in [2.75, 3.05) is 0 Å². The molecule has 0 radical (unpaired) electrons. The van der Waals surface area contributed by atoms with E-state index in [9.17, 15) is 9.59 Å². The minimum atomic E-state index is -0.0736. The van der Waals surface area contributed by atoms with Crippen molar-refractivity contribution < 1.29 is 14.3 Å². The summed E-state index contributed by atoms with van der Waals surface area (Å²) in [6, 6.07) is 5.72. The third kappa shape index (κ3) is 2.37. The zero-order chi connectivity index (χ0) is 17.1. The van der Waals surface area contributed by atoms with Crippen molar-refractivity contribution in [2.24, 2.45) is 17.8 Å². The van der Waals surface area contributed by atoms with Gasteiger partial charge in [0.2, 0.25) is 0 Å². The predicted molar refractivity (Wildman–Crippen MR) is 92.3 cm³/mol. The Bertz CT molecular complexity index is 747. The smallest absolute Gasteiger partial charge is 0.186 e. The first kappa shape index (κ1) is 15.8. The first-order chi connectivity index (χ1) is 11.4. The van der Waals surface area contributed by atoms with Gasteiger partial charge in [-0.15, -0.1) is 0 Å². The van der Waals surface area contributed by atoms with Crippen molar-refractivity contribution >= 4 is 11.6 Å². The Kier molecular flexibility index (Phi) is 3.54. The molecule has 126 valence electrons. The van der Waals surface area contributed by atoms with E-state index in [1.54, 1.807) is 0 Å². The van der Waals surface area contributed by atoms with Gasteiger partial charge in [0.15, 0.2) is 11.6 Å². The van der Waals surface area contributed by atoms with Crippen LogP contribution in [-0.4, -0.2) is 23.3 Å². The molecule has 1 aromatic carbocycles. The maximum Gasteiger partial charge on any atom is 0.186 e. The molecule has 0 N–H and O–H groups in total. The van der Waals surface area contributed by atoms with E-state index in [1.807, 2.05) is 18.2 Å². The highest BCUT2D eigenvalue weighted by Crippen LogP contribution is 2.55. The van der Waals surface area contributed by atoms with Gasteiger partial charge in [-0.05, 0) is 67.7 Å². The number of rotatable bonds is 3. The second-order valence-corrected chi connectivity index (χ2v) is 7.94. The van der Waals surface area contributed by atoms with E-state index >= 15 is 0 Å². The Morgan fingerprint density at radius 1 is 1.12 bits per heavy atom. The summed E-state index contributed by atoms with van der Waals surface area (Å²) in [6.45, 7) is 6.90. The fourth-order valence-electron chi connectivity index (χ4n) is 4.75. The van der Waals surface area contributed by atoms with Crippen LogP contribution in [0.3, 0.4) is 0 Å². The number of allylic oxidation sites excluding steroid dienone is 2. The molecule has 2 unspecified atom stereocenters. The van der Waals surface area contributed by atoms with E-state index in [1.165, 1.54) is 12.2 Å². The first-order valence-corrected chi connectivity index (χ1v) is 8.97. The van der Waals surface area contributed by atoms with E-state index in [0.29, 0.717) is 35.0 Å². The van der Waals surface area contributed by atoms with Gasteiger partial charge in [0.1, 0.15) is 0 Å². The maximum atomic E-state index is 12.0. The molecule has 2 aliphatic carbocycles. The van der Waals surface area contributed by atoms with Crippen molar-refractivity contribution in [1.82, 2.24) is 0 Å². The zero-order valence-corrected chi connectivity index (χ0v) is 14.5. The monoisotopic (exact) mass is 324 g/mol. The number of hydrogen-bond donors (Lipinski definition) is 0. The van der Waals surface area contributed by atoms with Crippen LogP contribution in [0.2, 0.25) is 0 Å². The number of carbonyl (C=O) groups is 2. The molecule has 1 aliphatic heterocycles. The summed E-state index contributed by atoms with van der Waals surface area (Å²) in [6.07, 6.45) is 6.41. The van der Waals surface area contributed by atoms with E-state index < -0.39 is 0 Å². The molecule has 24 heavy (non-hydrogen) atoms. The highest BCUT2D eigenvalue weighted by molar-refractivity contribution is 6.22. The van der Waals surface area contributed by atoms with Gasteiger partial charge < -0.3 is 4.74 Å². The van der Waals surface area contributed by atoms with Crippen molar-refractivity contribution in [3.63, 3.8) is 0 Å². The van der Waals surface area contributed by atoms with Gasteiger partial charge in [-0.25, -0.2) is 0 Å². The van der Waals surface area contributed by atoms with Crippen LogP contribution in [0.4, 0.5) is 0 Å². The molecule has 1 saturated heterocycles. The Morgan fingerprint density at radius 3 is 2.58 bits per heavy atom. The van der Waals surface area contributed by atoms with Gasteiger partial charge >= 0.3 is 0 Å². The average Bonchev–Trinajstić information content (AvgIpc) is 3.22. The minimum Gasteiger partial charge on any atom is -0.366 e. The van der Waals surface area contributed by atoms with Crippen LogP contribution >= 0.6 is 0 Å². The number of ether oxygens (including phenoxy) is 1. The van der Waals surface area contributed by atoms with Gasteiger partial charge in [-0.3, -0.25) is 9.59 Å². The predicted octanol–water partition coefficient (Wildman–Crippen LogP) is 4.00. The van der Waals surface area contributed by atoms with E-state index in [0.717, 1.165) is 24.8 Å². The summed E-state index contributed by atoms with van der Waals surface area (Å²) in [7, 11) is 0. The Hall–Kier alpha value is -1.74. The molecule has 3 heteroatoms. The van der Waals surface area contributed by atoms with Gasteiger partial charge in [0.05, 0.1) is 11.7 Å². The second kappa shape index (κ2) is 5.38. The second-order valence-electron chi connectivity index (χ2n) is 7.94. The van der Waals surface area contributed by atoms with Crippen LogP contribution < -0.4 is 0 Å². The molecular formula is C21H24O3. The third-order valence-electron chi connectivity index (χ3n) is 6.61. The Labute approximate surface area is 143 Å². The van der Waals surface area contributed by atoms with Crippen molar-refractivity contribution in [3.05, 3.63) is 47.0 Å². The van der Waals surface area contributed by atoms with E-state index in [4.69, 9.17) is 4.74 Å². The van der Waals surface area contributed by atoms with Crippen LogP contribution in [0.5, 0.6) is 0 Å². The number of fused-ring (bicyclic) bond motifs is 2. The fourth-order valence-corrected chi connectivity index (χ4v) is 4.75. The normalized spacial score (nSPS) is 37.1. The number of carbonyl (C=O) groups excluding carboxylic acids is 2. The molecule has 3 nitrogen and oxygen atoms in total. The van der Waals surface area contributed by atoms with Gasteiger partial charge in [-0.1, -0.05) is 26.0 Å². The lowest BCUT2D eigenvalue weighted by Crippen LogP contribution is -2.37. The summed E-state index contributed by atoms with van der Waals surface area (Å²) < 4.78 is 5.94. The standard InChI is InChI=1S/C21H24O3/c1-12-10-20-21(3,24-20)13(2)15(12)6-4-14-5-7-16-17(11-14)19(23)9-8-18(16)22/h5,7-9,11-13,15,20H,4,6,10H2,1-3H3/t12-,13-,15?,20?,21-/m1/s1. The highest BCUT2D eigenvalue weighted by Gasteiger charge is 2.61. The summed E-state index contributed by atoms with van der Waals surface area (Å²) >= 11 is 0. The van der Waals surface area contributed by atoms with Crippen molar-refractivity contribution in [1.29, 1.82) is 0 Å². The lowest BCUT2D eigenvalue weighted by molar-refractivity contribution is 0.0994. The number of aryl methyl sites for hydroxylation is 1. The Balaban J connectivity index is 1.50. The van der Waals surface area contributed by atoms with Crippen LogP contribution in [0.25, 0.3) is 0 Å². The third-order valence-corrected chi connectivity index (χ3v) is 6.61. The first-order valence-electron chi connectivity index (χ1n) is 8.97. The number of benzene rings is 1. The molecule has 3 aliphatic rings. The lowest BCUT2D eigenvalue weighted by atomic mass is 9.66.